The van der Waals surface area contributed by atoms with Crippen molar-refractivity contribution in [2.75, 3.05) is 26.2 Å². The van der Waals surface area contributed by atoms with Crippen molar-refractivity contribution >= 4 is 0 Å². The second-order valence-corrected chi connectivity index (χ2v) is 3.95. The molecule has 3 nitrogen and oxygen atoms in total. The Morgan fingerprint density at radius 1 is 1.23 bits per heavy atom. The number of morpholine rings is 1. The number of aliphatic hydroxyl groups excluding tert-OH is 1. The van der Waals surface area contributed by atoms with E-state index < -0.39 is 0 Å². The Hall–Kier alpha value is -0.120. The van der Waals surface area contributed by atoms with Crippen LogP contribution >= 0.6 is 0 Å². The summed E-state index contributed by atoms with van der Waals surface area (Å²) in [5.41, 5.74) is 0. The lowest BCUT2D eigenvalue weighted by molar-refractivity contribution is -0.0682. The van der Waals surface area contributed by atoms with E-state index in [0.717, 1.165) is 32.5 Å². The smallest absolute Gasteiger partial charge is 0.0678 e. The maximum absolute atomic E-state index is 8.66. The van der Waals surface area contributed by atoms with Crippen molar-refractivity contribution in [1.82, 2.24) is 4.90 Å². The summed E-state index contributed by atoms with van der Waals surface area (Å²) in [6.07, 6.45) is 2.73. The Labute approximate surface area is 80.7 Å². The molecule has 0 radical (unpaired) electrons. The van der Waals surface area contributed by atoms with Crippen molar-refractivity contribution in [3.05, 3.63) is 0 Å². The number of hydrogen-bond donors (Lipinski definition) is 1. The largest absolute Gasteiger partial charge is 0.396 e. The summed E-state index contributed by atoms with van der Waals surface area (Å²) in [4.78, 5) is 2.43. The Bertz CT molecular complexity index is 131. The summed E-state index contributed by atoms with van der Waals surface area (Å²) in [6, 6.07) is 0. The second kappa shape index (κ2) is 5.58. The predicted octanol–water partition coefficient (Wildman–Crippen LogP) is 0.868. The van der Waals surface area contributed by atoms with E-state index in [2.05, 4.69) is 18.7 Å². The minimum absolute atomic E-state index is 0.315. The molecule has 1 heterocycles. The summed E-state index contributed by atoms with van der Waals surface area (Å²) >= 11 is 0. The number of nitrogens with zero attached hydrogens (tertiary/aromatic N) is 1. The zero-order chi connectivity index (χ0) is 9.68. The second-order valence-electron chi connectivity index (χ2n) is 3.95. The summed E-state index contributed by atoms with van der Waals surface area (Å²) in [5, 5.41) is 8.66. The molecule has 1 N–H and O–H groups in total. The molecule has 0 spiro atoms. The first-order chi connectivity index (χ1) is 6.22. The average Bonchev–Trinajstić information content (AvgIpc) is 2.03. The maximum Gasteiger partial charge on any atom is 0.0678 e. The number of rotatable bonds is 4. The van der Waals surface area contributed by atoms with E-state index in [1.54, 1.807) is 0 Å². The van der Waals surface area contributed by atoms with E-state index in [4.69, 9.17) is 9.84 Å². The number of aliphatic hydroxyl groups is 1. The number of unbranched alkanes of at least 4 members (excludes halogenated alkanes) is 1. The van der Waals surface area contributed by atoms with Gasteiger partial charge in [0.1, 0.15) is 0 Å². The van der Waals surface area contributed by atoms with Gasteiger partial charge in [0.15, 0.2) is 0 Å². The van der Waals surface area contributed by atoms with E-state index in [0.29, 0.717) is 18.8 Å². The molecule has 13 heavy (non-hydrogen) atoms. The zero-order valence-corrected chi connectivity index (χ0v) is 8.70. The zero-order valence-electron chi connectivity index (χ0n) is 8.70. The highest BCUT2D eigenvalue weighted by Crippen LogP contribution is 2.10. The summed E-state index contributed by atoms with van der Waals surface area (Å²) < 4.78 is 5.63. The first kappa shape index (κ1) is 11.0. The van der Waals surface area contributed by atoms with Gasteiger partial charge in [0.05, 0.1) is 12.2 Å². The lowest BCUT2D eigenvalue weighted by Gasteiger charge is -2.35. The third kappa shape index (κ3) is 4.07. The normalized spacial score (nSPS) is 30.7. The monoisotopic (exact) mass is 187 g/mol. The maximum atomic E-state index is 8.66. The molecule has 0 saturated carbocycles. The van der Waals surface area contributed by atoms with Crippen LogP contribution in [0.3, 0.4) is 0 Å². The van der Waals surface area contributed by atoms with Crippen LogP contribution in [0.5, 0.6) is 0 Å². The minimum atomic E-state index is 0.315. The van der Waals surface area contributed by atoms with E-state index in [9.17, 15) is 0 Å². The molecule has 0 amide bonds. The fraction of sp³-hybridized carbons (Fsp3) is 1.00. The molecule has 2 atom stereocenters. The highest BCUT2D eigenvalue weighted by molar-refractivity contribution is 4.72. The van der Waals surface area contributed by atoms with Crippen LogP contribution in [0.15, 0.2) is 0 Å². The van der Waals surface area contributed by atoms with Gasteiger partial charge in [-0.05, 0) is 33.2 Å². The molecule has 1 fully saturated rings. The van der Waals surface area contributed by atoms with Gasteiger partial charge in [-0.1, -0.05) is 0 Å². The van der Waals surface area contributed by atoms with Crippen molar-refractivity contribution < 1.29 is 9.84 Å². The molecule has 3 heteroatoms. The topological polar surface area (TPSA) is 32.7 Å². The van der Waals surface area contributed by atoms with Crippen molar-refractivity contribution in [1.29, 1.82) is 0 Å². The molecule has 0 aliphatic carbocycles. The molecular weight excluding hydrogens is 166 g/mol. The molecule has 1 aliphatic heterocycles. The molecule has 0 aromatic carbocycles. The molecule has 0 aromatic rings. The minimum Gasteiger partial charge on any atom is -0.396 e. The van der Waals surface area contributed by atoms with Crippen molar-refractivity contribution in [3.63, 3.8) is 0 Å². The first-order valence-corrected chi connectivity index (χ1v) is 5.21. The first-order valence-electron chi connectivity index (χ1n) is 5.21. The highest BCUT2D eigenvalue weighted by atomic mass is 16.5. The van der Waals surface area contributed by atoms with Crippen LogP contribution in [0.1, 0.15) is 26.7 Å². The summed E-state index contributed by atoms with van der Waals surface area (Å²) in [7, 11) is 0. The van der Waals surface area contributed by atoms with Crippen LogP contribution < -0.4 is 0 Å². The SMILES string of the molecule is C[C@@H]1CN(CCCCO)C[C@@H](C)O1. The van der Waals surface area contributed by atoms with Crippen molar-refractivity contribution in [2.45, 2.75) is 38.9 Å². The molecule has 1 aliphatic rings. The van der Waals surface area contributed by atoms with Gasteiger partial charge in [0.2, 0.25) is 0 Å². The van der Waals surface area contributed by atoms with Crippen molar-refractivity contribution in [2.24, 2.45) is 0 Å². The highest BCUT2D eigenvalue weighted by Gasteiger charge is 2.21. The molecular formula is C10H21NO2. The standard InChI is InChI=1S/C10H21NO2/c1-9-7-11(5-3-4-6-12)8-10(2)13-9/h9-10,12H,3-8H2,1-2H3/t9-,10-/m1/s1. The van der Waals surface area contributed by atoms with Gasteiger partial charge in [-0.3, -0.25) is 4.90 Å². The average molecular weight is 187 g/mol. The fourth-order valence-electron chi connectivity index (χ4n) is 1.91. The summed E-state index contributed by atoms with van der Waals surface area (Å²) in [6.45, 7) is 7.73. The number of hydrogen-bond acceptors (Lipinski definition) is 3. The molecule has 78 valence electrons. The quantitative estimate of drug-likeness (QED) is 0.663. The van der Waals surface area contributed by atoms with E-state index in [-0.39, 0.29) is 0 Å². The van der Waals surface area contributed by atoms with E-state index in [1.807, 2.05) is 0 Å². The third-order valence-electron chi connectivity index (χ3n) is 2.38. The van der Waals surface area contributed by atoms with Crippen LogP contribution in [-0.4, -0.2) is 48.5 Å². The van der Waals surface area contributed by atoms with Gasteiger partial charge in [0.25, 0.3) is 0 Å². The summed E-state index contributed by atoms with van der Waals surface area (Å²) in [5.74, 6) is 0. The van der Waals surface area contributed by atoms with Crippen molar-refractivity contribution in [3.8, 4) is 0 Å². The Balaban J connectivity index is 2.17. The lowest BCUT2D eigenvalue weighted by atomic mass is 10.2. The van der Waals surface area contributed by atoms with Crippen LogP contribution in [-0.2, 0) is 4.74 Å². The fourth-order valence-corrected chi connectivity index (χ4v) is 1.91. The molecule has 1 saturated heterocycles. The van der Waals surface area contributed by atoms with Crippen LogP contribution in [0.25, 0.3) is 0 Å². The van der Waals surface area contributed by atoms with Crippen LogP contribution in [0, 0.1) is 0 Å². The van der Waals surface area contributed by atoms with Crippen LogP contribution in [0.2, 0.25) is 0 Å². The van der Waals surface area contributed by atoms with Gasteiger partial charge in [-0.15, -0.1) is 0 Å². The Morgan fingerprint density at radius 2 is 1.85 bits per heavy atom. The number of ether oxygens (including phenoxy) is 1. The van der Waals surface area contributed by atoms with Gasteiger partial charge in [-0.2, -0.15) is 0 Å². The predicted molar refractivity (Wildman–Crippen MR) is 52.8 cm³/mol. The third-order valence-corrected chi connectivity index (χ3v) is 2.38. The van der Waals surface area contributed by atoms with E-state index >= 15 is 0 Å². The lowest BCUT2D eigenvalue weighted by Crippen LogP contribution is -2.45. The van der Waals surface area contributed by atoms with Crippen LogP contribution in [0.4, 0.5) is 0 Å². The van der Waals surface area contributed by atoms with E-state index in [1.165, 1.54) is 0 Å². The Kier molecular flexibility index (Phi) is 4.70. The molecule has 1 rings (SSSR count). The van der Waals surface area contributed by atoms with Gasteiger partial charge in [-0.25, -0.2) is 0 Å². The molecule has 0 bridgehead atoms. The molecule has 0 unspecified atom stereocenters. The van der Waals surface area contributed by atoms with Gasteiger partial charge in [0, 0.05) is 19.7 Å². The van der Waals surface area contributed by atoms with Gasteiger partial charge >= 0.3 is 0 Å². The Morgan fingerprint density at radius 3 is 2.38 bits per heavy atom. The van der Waals surface area contributed by atoms with Gasteiger partial charge < -0.3 is 9.84 Å². The molecule has 0 aromatic heterocycles.